The number of rotatable bonds is 6. The first-order chi connectivity index (χ1) is 11.2. The summed E-state index contributed by atoms with van der Waals surface area (Å²) < 4.78 is 11.5. The third-order valence-electron chi connectivity index (χ3n) is 5.00. The van der Waals surface area contributed by atoms with Crippen molar-refractivity contribution in [3.8, 4) is 5.75 Å². The van der Waals surface area contributed by atoms with E-state index in [9.17, 15) is 0 Å². The number of hydrogen-bond donors (Lipinski definition) is 0. The van der Waals surface area contributed by atoms with Crippen LogP contribution in [-0.4, -0.2) is 15.4 Å². The van der Waals surface area contributed by atoms with Crippen molar-refractivity contribution in [3.63, 3.8) is 0 Å². The Kier molecular flexibility index (Phi) is 5.89. The summed E-state index contributed by atoms with van der Waals surface area (Å²) in [5, 5.41) is 0.251. The van der Waals surface area contributed by atoms with Crippen LogP contribution in [0.2, 0.25) is 18.1 Å². The lowest BCUT2D eigenvalue weighted by atomic mass is 10.0. The molecule has 0 unspecified atom stereocenters. The quantitative estimate of drug-likeness (QED) is 0.617. The van der Waals surface area contributed by atoms with E-state index in [4.69, 9.17) is 9.16 Å². The van der Waals surface area contributed by atoms with Gasteiger partial charge in [0.15, 0.2) is 8.32 Å². The smallest absolute Gasteiger partial charge is 0.192 e. The molecule has 0 bridgehead atoms. The summed E-state index contributed by atoms with van der Waals surface area (Å²) in [7, 11) is 0.0109. The van der Waals surface area contributed by atoms with Gasteiger partial charge in [-0.25, -0.2) is 0 Å². The summed E-state index contributed by atoms with van der Waals surface area (Å²) in [5.41, 5.74) is 3.86. The molecule has 0 heterocycles. The predicted molar refractivity (Wildman–Crippen MR) is 104 cm³/mol. The highest BCUT2D eigenvalue weighted by molar-refractivity contribution is 6.74. The molecule has 2 nitrogen and oxygen atoms in total. The number of ether oxygens (including phenoxy) is 1. The van der Waals surface area contributed by atoms with Crippen molar-refractivity contribution in [2.45, 2.75) is 51.9 Å². The molecule has 0 N–H and O–H groups in total. The minimum atomic E-state index is -1.68. The Labute approximate surface area is 148 Å². The van der Waals surface area contributed by atoms with Crippen LogP contribution in [0.1, 0.15) is 37.5 Å². The molecule has 0 aromatic heterocycles. The minimum Gasteiger partial charge on any atom is -0.497 e. The van der Waals surface area contributed by atoms with E-state index in [1.54, 1.807) is 7.11 Å². The Morgan fingerprint density at radius 3 is 1.71 bits per heavy atom. The lowest BCUT2D eigenvalue weighted by Gasteiger charge is -2.36. The van der Waals surface area contributed by atoms with Gasteiger partial charge in [-0.05, 0) is 53.4 Å². The van der Waals surface area contributed by atoms with E-state index in [0.717, 1.165) is 12.2 Å². The van der Waals surface area contributed by atoms with Gasteiger partial charge in [0.05, 0.1) is 13.7 Å². The topological polar surface area (TPSA) is 18.5 Å². The average molecular weight is 343 g/mol. The fourth-order valence-corrected chi connectivity index (χ4v) is 3.17. The molecule has 0 amide bonds. The summed E-state index contributed by atoms with van der Waals surface area (Å²) >= 11 is 0. The molecular formula is C21H30O2Si. The second-order valence-corrected chi connectivity index (χ2v) is 12.7. The van der Waals surface area contributed by atoms with Crippen LogP contribution >= 0.6 is 0 Å². The third kappa shape index (κ3) is 4.95. The maximum atomic E-state index is 6.29. The zero-order valence-corrected chi connectivity index (χ0v) is 16.8. The zero-order chi connectivity index (χ0) is 17.8. The van der Waals surface area contributed by atoms with Gasteiger partial charge in [-0.3, -0.25) is 0 Å². The average Bonchev–Trinajstić information content (AvgIpc) is 2.54. The molecule has 2 rings (SSSR count). The molecule has 0 spiro atoms. The van der Waals surface area contributed by atoms with Crippen molar-refractivity contribution in [1.82, 2.24) is 0 Å². The minimum absolute atomic E-state index is 0.251. The summed E-state index contributed by atoms with van der Waals surface area (Å²) in [4.78, 5) is 0. The SMILES string of the molecule is COc1ccc(Cc2ccc(CO[Si](C)(C)C(C)(C)C)cc2)cc1. The van der Waals surface area contributed by atoms with Crippen molar-refractivity contribution in [2.24, 2.45) is 0 Å². The highest BCUT2D eigenvalue weighted by Gasteiger charge is 2.36. The van der Waals surface area contributed by atoms with E-state index >= 15 is 0 Å². The van der Waals surface area contributed by atoms with Gasteiger partial charge < -0.3 is 9.16 Å². The lowest BCUT2D eigenvalue weighted by Crippen LogP contribution is -2.40. The Morgan fingerprint density at radius 2 is 1.25 bits per heavy atom. The Morgan fingerprint density at radius 1 is 0.792 bits per heavy atom. The Balaban J connectivity index is 1.95. The van der Waals surface area contributed by atoms with Crippen molar-refractivity contribution in [3.05, 3.63) is 65.2 Å². The van der Waals surface area contributed by atoms with Crippen molar-refractivity contribution < 1.29 is 9.16 Å². The van der Waals surface area contributed by atoms with Crippen LogP contribution in [0.4, 0.5) is 0 Å². The van der Waals surface area contributed by atoms with E-state index in [1.165, 1.54) is 16.7 Å². The van der Waals surface area contributed by atoms with Crippen LogP contribution in [0.3, 0.4) is 0 Å². The molecule has 0 atom stereocenters. The molecule has 130 valence electrons. The normalized spacial score (nSPS) is 12.2. The standard InChI is InChI=1S/C21H30O2Si/c1-21(2,3)24(5,6)23-16-19-9-7-17(8-10-19)15-18-11-13-20(22-4)14-12-18/h7-14H,15-16H2,1-6H3. The van der Waals surface area contributed by atoms with Crippen LogP contribution in [0.15, 0.2) is 48.5 Å². The monoisotopic (exact) mass is 342 g/mol. The number of methoxy groups -OCH3 is 1. The molecule has 0 saturated carbocycles. The fraction of sp³-hybridized carbons (Fsp3) is 0.429. The summed E-state index contributed by atoms with van der Waals surface area (Å²) in [6, 6.07) is 17.0. The summed E-state index contributed by atoms with van der Waals surface area (Å²) in [6.45, 7) is 12.1. The second kappa shape index (κ2) is 7.54. The van der Waals surface area contributed by atoms with Gasteiger partial charge in [-0.1, -0.05) is 57.2 Å². The lowest BCUT2D eigenvalue weighted by molar-refractivity contribution is 0.276. The van der Waals surface area contributed by atoms with Gasteiger partial charge in [-0.2, -0.15) is 0 Å². The van der Waals surface area contributed by atoms with Gasteiger partial charge >= 0.3 is 0 Å². The zero-order valence-electron chi connectivity index (χ0n) is 15.8. The van der Waals surface area contributed by atoms with E-state index in [2.05, 4.69) is 70.3 Å². The highest BCUT2D eigenvalue weighted by Crippen LogP contribution is 2.37. The highest BCUT2D eigenvalue weighted by atomic mass is 28.4. The number of hydrogen-bond acceptors (Lipinski definition) is 2. The molecule has 0 aliphatic rings. The maximum absolute atomic E-state index is 6.29. The molecule has 3 heteroatoms. The van der Waals surface area contributed by atoms with Crippen LogP contribution < -0.4 is 4.74 Å². The van der Waals surface area contributed by atoms with E-state index in [-0.39, 0.29) is 5.04 Å². The third-order valence-corrected chi connectivity index (χ3v) is 9.47. The first-order valence-corrected chi connectivity index (χ1v) is 11.5. The molecule has 0 aliphatic heterocycles. The van der Waals surface area contributed by atoms with Crippen molar-refractivity contribution in [2.75, 3.05) is 7.11 Å². The Bertz CT molecular complexity index is 637. The van der Waals surface area contributed by atoms with Gasteiger partial charge in [0.1, 0.15) is 5.75 Å². The number of benzene rings is 2. The fourth-order valence-electron chi connectivity index (χ4n) is 2.21. The first kappa shape index (κ1) is 18.8. The molecule has 0 radical (unpaired) electrons. The predicted octanol–water partition coefficient (Wildman–Crippen LogP) is 5.81. The van der Waals surface area contributed by atoms with E-state index in [0.29, 0.717) is 6.61 Å². The molecular weight excluding hydrogens is 312 g/mol. The first-order valence-electron chi connectivity index (χ1n) is 8.56. The molecule has 0 saturated heterocycles. The molecule has 0 aliphatic carbocycles. The molecule has 2 aromatic carbocycles. The van der Waals surface area contributed by atoms with Crippen molar-refractivity contribution in [1.29, 1.82) is 0 Å². The van der Waals surface area contributed by atoms with Crippen LogP contribution in [0.5, 0.6) is 5.75 Å². The van der Waals surface area contributed by atoms with Crippen LogP contribution in [-0.2, 0) is 17.5 Å². The largest absolute Gasteiger partial charge is 0.497 e. The van der Waals surface area contributed by atoms with Gasteiger partial charge in [0.2, 0.25) is 0 Å². The van der Waals surface area contributed by atoms with Crippen LogP contribution in [0.25, 0.3) is 0 Å². The molecule has 0 fully saturated rings. The van der Waals surface area contributed by atoms with E-state index in [1.807, 2.05) is 12.1 Å². The molecule has 2 aromatic rings. The second-order valence-electron chi connectivity index (χ2n) is 7.89. The van der Waals surface area contributed by atoms with Gasteiger partial charge in [0, 0.05) is 0 Å². The van der Waals surface area contributed by atoms with Gasteiger partial charge in [0.25, 0.3) is 0 Å². The summed E-state index contributed by atoms with van der Waals surface area (Å²) in [6.07, 6.45) is 0.938. The van der Waals surface area contributed by atoms with Gasteiger partial charge in [-0.15, -0.1) is 0 Å². The van der Waals surface area contributed by atoms with Crippen molar-refractivity contribution >= 4 is 8.32 Å². The maximum Gasteiger partial charge on any atom is 0.192 e. The Hall–Kier alpha value is -1.58. The summed E-state index contributed by atoms with van der Waals surface area (Å²) in [5.74, 6) is 0.900. The molecule has 24 heavy (non-hydrogen) atoms. The van der Waals surface area contributed by atoms with Crippen LogP contribution in [0, 0.1) is 0 Å². The van der Waals surface area contributed by atoms with E-state index < -0.39 is 8.32 Å².